The van der Waals surface area contributed by atoms with Gasteiger partial charge in [0.2, 0.25) is 0 Å². The van der Waals surface area contributed by atoms with Gasteiger partial charge in [-0.05, 0) is 68.4 Å². The fourth-order valence-corrected chi connectivity index (χ4v) is 5.21. The molecule has 0 saturated heterocycles. The van der Waals surface area contributed by atoms with Crippen LogP contribution >= 0.6 is 0 Å². The van der Waals surface area contributed by atoms with Crippen molar-refractivity contribution < 1.29 is 4.79 Å². The quantitative estimate of drug-likeness (QED) is 0.587. The lowest BCUT2D eigenvalue weighted by Crippen LogP contribution is -2.59. The average molecular weight is 286 g/mol. The summed E-state index contributed by atoms with van der Waals surface area (Å²) in [6.07, 6.45) is 7.58. The highest BCUT2D eigenvalue weighted by Crippen LogP contribution is 2.55. The number of hydrogen-bond donors (Lipinski definition) is 3. The summed E-state index contributed by atoms with van der Waals surface area (Å²) in [6, 6.07) is 5.30. The minimum absolute atomic E-state index is 0.0274. The molecule has 1 aromatic heterocycles. The van der Waals surface area contributed by atoms with Crippen LogP contribution in [0, 0.1) is 17.8 Å². The topological polar surface area (TPSA) is 80.0 Å². The fourth-order valence-electron chi connectivity index (χ4n) is 5.21. The molecule has 0 aliphatic heterocycles. The lowest BCUT2D eigenvalue weighted by Gasteiger charge is -2.56. The van der Waals surface area contributed by atoms with Gasteiger partial charge in [-0.3, -0.25) is 4.79 Å². The van der Waals surface area contributed by atoms with Crippen molar-refractivity contribution in [2.45, 2.75) is 44.1 Å². The summed E-state index contributed by atoms with van der Waals surface area (Å²) in [7, 11) is 0. The zero-order valence-corrected chi connectivity index (χ0v) is 12.1. The molecule has 112 valence electrons. The Morgan fingerprint density at radius 3 is 2.33 bits per heavy atom. The maximum Gasteiger partial charge on any atom is 0.270 e. The predicted molar refractivity (Wildman–Crippen MR) is 80.4 cm³/mol. The third-order valence-corrected chi connectivity index (χ3v) is 5.55. The third kappa shape index (κ3) is 2.29. The van der Waals surface area contributed by atoms with Crippen LogP contribution < -0.4 is 16.6 Å². The lowest BCUT2D eigenvalue weighted by molar-refractivity contribution is -0.0167. The fraction of sp³-hybridized carbons (Fsp3) is 0.625. The zero-order chi connectivity index (χ0) is 14.4. The third-order valence-electron chi connectivity index (χ3n) is 5.55. The molecular weight excluding hydrogens is 264 g/mol. The Bertz CT molecular complexity index is 536. The Morgan fingerprint density at radius 1 is 1.14 bits per heavy atom. The summed E-state index contributed by atoms with van der Waals surface area (Å²) >= 11 is 0. The van der Waals surface area contributed by atoms with E-state index in [0.717, 1.165) is 37.0 Å². The number of nitrogen functional groups attached to an aromatic ring is 1. The van der Waals surface area contributed by atoms with E-state index < -0.39 is 0 Å². The molecule has 0 unspecified atom stereocenters. The monoisotopic (exact) mass is 286 g/mol. The summed E-state index contributed by atoms with van der Waals surface area (Å²) in [5.41, 5.74) is 2.96. The van der Waals surface area contributed by atoms with Gasteiger partial charge in [-0.2, -0.15) is 0 Å². The molecule has 1 aromatic rings. The van der Waals surface area contributed by atoms with Crippen molar-refractivity contribution in [2.75, 3.05) is 5.43 Å². The van der Waals surface area contributed by atoms with Gasteiger partial charge < -0.3 is 10.7 Å². The first-order chi connectivity index (χ1) is 10.2. The summed E-state index contributed by atoms with van der Waals surface area (Å²) in [5, 5.41) is 3.32. The van der Waals surface area contributed by atoms with E-state index in [1.807, 2.05) is 0 Å². The number of pyridine rings is 1. The number of hydrogen-bond acceptors (Lipinski definition) is 4. The number of nitrogens with zero attached hydrogens (tertiary/aromatic N) is 1. The number of rotatable bonds is 3. The van der Waals surface area contributed by atoms with E-state index in [0.29, 0.717) is 11.5 Å². The number of carbonyl (C=O) groups is 1. The lowest BCUT2D eigenvalue weighted by atomic mass is 9.53. The summed E-state index contributed by atoms with van der Waals surface area (Å²) in [6.45, 7) is 0. The molecule has 4 N–H and O–H groups in total. The second-order valence-corrected chi connectivity index (χ2v) is 7.20. The van der Waals surface area contributed by atoms with Gasteiger partial charge in [0, 0.05) is 5.54 Å². The first kappa shape index (κ1) is 13.1. The van der Waals surface area contributed by atoms with Crippen molar-refractivity contribution in [3.05, 3.63) is 23.9 Å². The number of nitrogens with two attached hydrogens (primary N) is 1. The molecule has 0 radical (unpaired) electrons. The SMILES string of the molecule is NNc1cccc(C(=O)NC23CC4CC(CC(C4)C2)C3)n1. The maximum atomic E-state index is 12.6. The van der Waals surface area contributed by atoms with Gasteiger partial charge in [-0.15, -0.1) is 0 Å². The van der Waals surface area contributed by atoms with Crippen LogP contribution in [-0.4, -0.2) is 16.4 Å². The van der Waals surface area contributed by atoms with E-state index in [2.05, 4.69) is 15.7 Å². The highest BCUT2D eigenvalue weighted by atomic mass is 16.2. The highest BCUT2D eigenvalue weighted by molar-refractivity contribution is 5.93. The molecule has 4 fully saturated rings. The molecule has 4 saturated carbocycles. The molecular formula is C16H22N4O. The van der Waals surface area contributed by atoms with Crippen LogP contribution in [0.25, 0.3) is 0 Å². The second kappa shape index (κ2) is 4.70. The van der Waals surface area contributed by atoms with Crippen molar-refractivity contribution in [3.8, 4) is 0 Å². The summed E-state index contributed by atoms with van der Waals surface area (Å²) in [5.74, 6) is 8.29. The van der Waals surface area contributed by atoms with Crippen LogP contribution in [0.4, 0.5) is 5.82 Å². The van der Waals surface area contributed by atoms with E-state index >= 15 is 0 Å². The van der Waals surface area contributed by atoms with Gasteiger partial charge in [-0.25, -0.2) is 10.8 Å². The first-order valence-electron chi connectivity index (χ1n) is 7.92. The van der Waals surface area contributed by atoms with Crippen LogP contribution in [0.3, 0.4) is 0 Å². The van der Waals surface area contributed by atoms with Crippen LogP contribution in [0.5, 0.6) is 0 Å². The molecule has 5 heteroatoms. The van der Waals surface area contributed by atoms with Crippen molar-refractivity contribution in [1.29, 1.82) is 0 Å². The van der Waals surface area contributed by atoms with E-state index in [-0.39, 0.29) is 11.4 Å². The van der Waals surface area contributed by atoms with E-state index in [4.69, 9.17) is 5.84 Å². The normalized spacial score (nSPS) is 36.5. The van der Waals surface area contributed by atoms with Gasteiger partial charge in [0.15, 0.2) is 0 Å². The van der Waals surface area contributed by atoms with Gasteiger partial charge in [0.25, 0.3) is 5.91 Å². The van der Waals surface area contributed by atoms with Crippen LogP contribution in [0.15, 0.2) is 18.2 Å². The number of nitrogens with one attached hydrogen (secondary N) is 2. The van der Waals surface area contributed by atoms with E-state index in [9.17, 15) is 4.79 Å². The van der Waals surface area contributed by atoms with Crippen LogP contribution in [0.1, 0.15) is 49.0 Å². The van der Waals surface area contributed by atoms with Gasteiger partial charge in [0.05, 0.1) is 0 Å². The van der Waals surface area contributed by atoms with Gasteiger partial charge in [-0.1, -0.05) is 6.07 Å². The summed E-state index contributed by atoms with van der Waals surface area (Å²) < 4.78 is 0. The smallest absolute Gasteiger partial charge is 0.270 e. The molecule has 21 heavy (non-hydrogen) atoms. The largest absolute Gasteiger partial charge is 0.345 e. The van der Waals surface area contributed by atoms with Crippen molar-refractivity contribution >= 4 is 11.7 Å². The summed E-state index contributed by atoms with van der Waals surface area (Å²) in [4.78, 5) is 16.8. The predicted octanol–water partition coefficient (Wildman–Crippen LogP) is 2.07. The second-order valence-electron chi connectivity index (χ2n) is 7.20. The molecule has 0 spiro atoms. The number of hydrazine groups is 1. The van der Waals surface area contributed by atoms with Crippen LogP contribution in [0.2, 0.25) is 0 Å². The van der Waals surface area contributed by atoms with Crippen molar-refractivity contribution in [3.63, 3.8) is 0 Å². The van der Waals surface area contributed by atoms with Gasteiger partial charge >= 0.3 is 0 Å². The molecule has 5 rings (SSSR count). The first-order valence-corrected chi connectivity index (χ1v) is 7.92. The molecule has 0 aromatic carbocycles. The standard InChI is InChI=1S/C16H22N4O/c17-20-14-3-1-2-13(18-14)15(21)19-16-7-10-4-11(8-16)6-12(5-10)9-16/h1-3,10-12H,4-9,17H2,(H,18,20)(H,19,21). The van der Waals surface area contributed by atoms with Crippen molar-refractivity contribution in [2.24, 2.45) is 23.6 Å². The number of aromatic nitrogens is 1. The zero-order valence-electron chi connectivity index (χ0n) is 12.1. The molecule has 4 aliphatic carbocycles. The minimum atomic E-state index is -0.0611. The van der Waals surface area contributed by atoms with Gasteiger partial charge in [0.1, 0.15) is 11.5 Å². The Hall–Kier alpha value is -1.62. The molecule has 4 bridgehead atoms. The number of carbonyl (C=O) groups excluding carboxylic acids is 1. The highest BCUT2D eigenvalue weighted by Gasteiger charge is 2.51. The van der Waals surface area contributed by atoms with Crippen LogP contribution in [-0.2, 0) is 0 Å². The van der Waals surface area contributed by atoms with E-state index in [1.165, 1.54) is 19.3 Å². The molecule has 0 atom stereocenters. The average Bonchev–Trinajstić information content (AvgIpc) is 2.45. The Labute approximate surface area is 124 Å². The maximum absolute atomic E-state index is 12.6. The molecule has 4 aliphatic rings. The molecule has 5 nitrogen and oxygen atoms in total. The molecule has 1 amide bonds. The number of anilines is 1. The number of amides is 1. The Kier molecular flexibility index (Phi) is 2.92. The Morgan fingerprint density at radius 2 is 1.76 bits per heavy atom. The molecule has 1 heterocycles. The minimum Gasteiger partial charge on any atom is -0.345 e. The van der Waals surface area contributed by atoms with E-state index in [1.54, 1.807) is 18.2 Å². The Balaban J connectivity index is 1.54. The van der Waals surface area contributed by atoms with Crippen molar-refractivity contribution in [1.82, 2.24) is 10.3 Å².